The fourth-order valence-electron chi connectivity index (χ4n) is 3.00. The first-order valence-electron chi connectivity index (χ1n) is 9.52. The van der Waals surface area contributed by atoms with Crippen LogP contribution in [0, 0.1) is 0 Å². The molecular formula is C21H22ClNO7S. The Bertz CT molecular complexity index is 1080. The Morgan fingerprint density at radius 3 is 2.52 bits per heavy atom. The van der Waals surface area contributed by atoms with Crippen molar-refractivity contribution in [2.45, 2.75) is 25.9 Å². The van der Waals surface area contributed by atoms with Crippen LogP contribution >= 0.6 is 11.6 Å². The number of sulfonamides is 1. The van der Waals surface area contributed by atoms with Crippen LogP contribution in [0.25, 0.3) is 0 Å². The SMILES string of the molecule is C[C@@H](OC(=O)Cc1cc(Cl)c2c(c1)OCCCO2)C(=O)c1ccc(NS(C)(=O)=O)cc1. The number of fused-ring (bicyclic) bond motifs is 1. The Balaban J connectivity index is 1.62. The quantitative estimate of drug-likeness (QED) is 0.492. The molecule has 1 aliphatic heterocycles. The van der Waals surface area contributed by atoms with Crippen LogP contribution < -0.4 is 14.2 Å². The first-order chi connectivity index (χ1) is 14.6. The molecule has 1 aliphatic rings. The average molecular weight is 468 g/mol. The van der Waals surface area contributed by atoms with Gasteiger partial charge in [0.15, 0.2) is 17.6 Å². The molecule has 0 fully saturated rings. The zero-order valence-corrected chi connectivity index (χ0v) is 18.6. The van der Waals surface area contributed by atoms with Gasteiger partial charge in [0.25, 0.3) is 0 Å². The molecule has 1 heterocycles. The van der Waals surface area contributed by atoms with Crippen molar-refractivity contribution in [2.75, 3.05) is 24.2 Å². The Hall–Kier alpha value is -2.78. The third-order valence-corrected chi connectivity index (χ3v) is 5.25. The van der Waals surface area contributed by atoms with E-state index in [1.807, 2.05) is 0 Å². The fourth-order valence-corrected chi connectivity index (χ4v) is 3.85. The van der Waals surface area contributed by atoms with E-state index in [0.29, 0.717) is 41.0 Å². The van der Waals surface area contributed by atoms with E-state index in [1.54, 1.807) is 12.1 Å². The number of rotatable bonds is 7. The van der Waals surface area contributed by atoms with Gasteiger partial charge in [-0.05, 0) is 48.9 Å². The van der Waals surface area contributed by atoms with Crippen molar-refractivity contribution in [2.24, 2.45) is 0 Å². The number of carbonyl (C=O) groups excluding carboxylic acids is 2. The molecule has 0 aliphatic carbocycles. The summed E-state index contributed by atoms with van der Waals surface area (Å²) in [5, 5.41) is 0.342. The molecule has 8 nitrogen and oxygen atoms in total. The van der Waals surface area contributed by atoms with E-state index >= 15 is 0 Å². The van der Waals surface area contributed by atoms with Gasteiger partial charge in [-0.15, -0.1) is 0 Å². The van der Waals surface area contributed by atoms with Gasteiger partial charge in [0.1, 0.15) is 0 Å². The van der Waals surface area contributed by atoms with Gasteiger partial charge >= 0.3 is 5.97 Å². The zero-order chi connectivity index (χ0) is 22.6. The first-order valence-corrected chi connectivity index (χ1v) is 11.8. The number of anilines is 1. The lowest BCUT2D eigenvalue weighted by molar-refractivity contribution is -0.145. The molecule has 1 N–H and O–H groups in total. The molecule has 3 rings (SSSR count). The van der Waals surface area contributed by atoms with Crippen LogP contribution in [0.3, 0.4) is 0 Å². The summed E-state index contributed by atoms with van der Waals surface area (Å²) in [4.78, 5) is 24.9. The topological polar surface area (TPSA) is 108 Å². The highest BCUT2D eigenvalue weighted by Gasteiger charge is 2.21. The lowest BCUT2D eigenvalue weighted by Crippen LogP contribution is -2.25. The number of nitrogens with one attached hydrogen (secondary N) is 1. The van der Waals surface area contributed by atoms with E-state index in [2.05, 4.69) is 4.72 Å². The number of esters is 1. The lowest BCUT2D eigenvalue weighted by atomic mass is 10.1. The van der Waals surface area contributed by atoms with Crippen molar-refractivity contribution in [1.29, 1.82) is 0 Å². The van der Waals surface area contributed by atoms with Crippen LogP contribution in [0.1, 0.15) is 29.3 Å². The van der Waals surface area contributed by atoms with Crippen LogP contribution in [0.2, 0.25) is 5.02 Å². The normalized spacial score (nSPS) is 14.3. The van der Waals surface area contributed by atoms with E-state index in [1.165, 1.54) is 31.2 Å². The first kappa shape index (κ1) is 22.9. The summed E-state index contributed by atoms with van der Waals surface area (Å²) >= 11 is 6.24. The smallest absolute Gasteiger partial charge is 0.310 e. The molecule has 31 heavy (non-hydrogen) atoms. The van der Waals surface area contributed by atoms with Crippen molar-refractivity contribution in [3.63, 3.8) is 0 Å². The summed E-state index contributed by atoms with van der Waals surface area (Å²) in [5.74, 6) is -0.0777. The second-order valence-corrected chi connectivity index (χ2v) is 9.24. The number of Topliss-reactive ketones (excluding diaryl/α,β-unsaturated/α-hetero) is 1. The Kier molecular flexibility index (Phi) is 7.07. The molecule has 0 radical (unpaired) electrons. The third-order valence-electron chi connectivity index (χ3n) is 4.36. The molecule has 0 aromatic heterocycles. The standard InChI is InChI=1S/C21H22ClNO7S/c1-13(20(25)15-4-6-16(7-5-15)23-31(2,26)27)30-19(24)12-14-10-17(22)21-18(11-14)28-8-3-9-29-21/h4-7,10-11,13,23H,3,8-9,12H2,1-2H3/t13-/m1/s1. The van der Waals surface area contributed by atoms with Crippen LogP contribution in [0.4, 0.5) is 5.69 Å². The largest absolute Gasteiger partial charge is 0.489 e. The molecule has 0 saturated carbocycles. The van der Waals surface area contributed by atoms with Gasteiger partial charge in [-0.2, -0.15) is 0 Å². The van der Waals surface area contributed by atoms with E-state index < -0.39 is 27.9 Å². The summed E-state index contributed by atoms with van der Waals surface area (Å²) in [5.41, 5.74) is 1.20. The molecule has 10 heteroatoms. The minimum absolute atomic E-state index is 0.0921. The van der Waals surface area contributed by atoms with Crippen molar-refractivity contribution in [3.05, 3.63) is 52.5 Å². The molecule has 0 spiro atoms. The van der Waals surface area contributed by atoms with Crippen LogP contribution in [0.15, 0.2) is 36.4 Å². The fraction of sp³-hybridized carbons (Fsp3) is 0.333. The number of ketones is 1. The number of halogens is 1. The molecule has 2 aromatic rings. The third kappa shape index (κ3) is 6.35. The summed E-state index contributed by atoms with van der Waals surface area (Å²) in [7, 11) is -3.41. The molecule has 0 unspecified atom stereocenters. The molecule has 0 amide bonds. The molecule has 1 atom stereocenters. The van der Waals surface area contributed by atoms with Crippen molar-refractivity contribution in [3.8, 4) is 11.5 Å². The molecule has 0 bridgehead atoms. The van der Waals surface area contributed by atoms with E-state index in [-0.39, 0.29) is 12.0 Å². The van der Waals surface area contributed by atoms with E-state index in [4.69, 9.17) is 25.8 Å². The predicted octanol–water partition coefficient (Wildman–Crippen LogP) is 3.23. The monoisotopic (exact) mass is 467 g/mol. The molecule has 166 valence electrons. The van der Waals surface area contributed by atoms with Gasteiger partial charge < -0.3 is 14.2 Å². The highest BCUT2D eigenvalue weighted by Crippen LogP contribution is 2.38. The maximum atomic E-state index is 12.5. The van der Waals surface area contributed by atoms with Gasteiger partial charge in [0.05, 0.1) is 30.9 Å². The highest BCUT2D eigenvalue weighted by atomic mass is 35.5. The average Bonchev–Trinajstić information content (AvgIpc) is 2.92. The van der Waals surface area contributed by atoms with Crippen molar-refractivity contribution < 1.29 is 32.2 Å². The summed E-state index contributed by atoms with van der Waals surface area (Å²) in [6.45, 7) is 2.46. The van der Waals surface area contributed by atoms with Gasteiger partial charge in [0.2, 0.25) is 15.8 Å². The van der Waals surface area contributed by atoms with Gasteiger partial charge in [-0.25, -0.2) is 8.42 Å². The number of hydrogen-bond acceptors (Lipinski definition) is 7. The van der Waals surface area contributed by atoms with Crippen molar-refractivity contribution >= 4 is 39.1 Å². The number of hydrogen-bond donors (Lipinski definition) is 1. The van der Waals surface area contributed by atoms with Crippen LogP contribution in [-0.4, -0.2) is 45.7 Å². The van der Waals surface area contributed by atoms with Gasteiger partial charge in [0, 0.05) is 17.7 Å². The maximum Gasteiger partial charge on any atom is 0.310 e. The molecular weight excluding hydrogens is 446 g/mol. The summed E-state index contributed by atoms with van der Waals surface area (Å²) < 4.78 is 41.3. The summed E-state index contributed by atoms with van der Waals surface area (Å²) in [6, 6.07) is 9.13. The molecule has 0 saturated heterocycles. The number of ether oxygens (including phenoxy) is 3. The van der Waals surface area contributed by atoms with Gasteiger partial charge in [-0.3, -0.25) is 14.3 Å². The van der Waals surface area contributed by atoms with Crippen molar-refractivity contribution in [1.82, 2.24) is 0 Å². The minimum Gasteiger partial charge on any atom is -0.489 e. The minimum atomic E-state index is -3.41. The van der Waals surface area contributed by atoms with E-state index in [9.17, 15) is 18.0 Å². The van der Waals surface area contributed by atoms with E-state index in [0.717, 1.165) is 12.7 Å². The van der Waals surface area contributed by atoms with Crippen LogP contribution in [0.5, 0.6) is 11.5 Å². The van der Waals surface area contributed by atoms with Crippen LogP contribution in [-0.2, 0) is 26.0 Å². The summed E-state index contributed by atoms with van der Waals surface area (Å²) in [6.07, 6.45) is 0.653. The zero-order valence-electron chi connectivity index (χ0n) is 17.0. The van der Waals surface area contributed by atoms with Gasteiger partial charge in [-0.1, -0.05) is 11.6 Å². The Morgan fingerprint density at radius 1 is 1.16 bits per heavy atom. The number of carbonyl (C=O) groups is 2. The molecule has 2 aromatic carbocycles. The second-order valence-electron chi connectivity index (χ2n) is 7.08. The second kappa shape index (κ2) is 9.57. The number of benzene rings is 2. The lowest BCUT2D eigenvalue weighted by Gasteiger charge is -2.14. The maximum absolute atomic E-state index is 12.5. The Labute approximate surface area is 185 Å². The Morgan fingerprint density at radius 2 is 1.84 bits per heavy atom. The predicted molar refractivity (Wildman–Crippen MR) is 116 cm³/mol. The highest BCUT2D eigenvalue weighted by molar-refractivity contribution is 7.92.